The minimum Gasteiger partial charge on any atom is -0.497 e. The van der Waals surface area contributed by atoms with Crippen molar-refractivity contribution in [1.29, 1.82) is 0 Å². The number of methoxy groups -OCH3 is 1. The number of amides is 5. The second-order valence-electron chi connectivity index (χ2n) is 7.78. The Morgan fingerprint density at radius 2 is 1.75 bits per heavy atom. The van der Waals surface area contributed by atoms with Crippen LogP contribution in [-0.2, 0) is 29.2 Å². The standard InChI is InChI=1S/C23H24N4O5/c1-32-17-6-3-14(4-7-17)11-24-23(31)25-12-15-2-5-16-13-27(22(30)18(16)10-15)19-8-9-20(28)26-21(19)29/h2-7,10,19H,8-9,11-13H2,1H3,(H2,24,25,31)(H,26,28,29). The normalized spacial score (nSPS) is 17.6. The summed E-state index contributed by atoms with van der Waals surface area (Å²) in [7, 11) is 1.60. The first-order chi connectivity index (χ1) is 15.4. The van der Waals surface area contributed by atoms with Crippen molar-refractivity contribution < 1.29 is 23.9 Å². The fourth-order valence-electron chi connectivity index (χ4n) is 3.88. The van der Waals surface area contributed by atoms with Gasteiger partial charge in [0.2, 0.25) is 11.8 Å². The van der Waals surface area contributed by atoms with Crippen molar-refractivity contribution in [3.63, 3.8) is 0 Å². The fourth-order valence-corrected chi connectivity index (χ4v) is 3.88. The van der Waals surface area contributed by atoms with Crippen LogP contribution in [0.1, 0.15) is 39.9 Å². The highest BCUT2D eigenvalue weighted by atomic mass is 16.5. The Labute approximate surface area is 185 Å². The first-order valence-corrected chi connectivity index (χ1v) is 10.4. The van der Waals surface area contributed by atoms with Gasteiger partial charge in [0.1, 0.15) is 11.8 Å². The molecule has 1 saturated heterocycles. The van der Waals surface area contributed by atoms with Crippen molar-refractivity contribution in [2.45, 2.75) is 38.5 Å². The number of fused-ring (bicyclic) bond motifs is 1. The summed E-state index contributed by atoms with van der Waals surface area (Å²) >= 11 is 0. The molecule has 0 saturated carbocycles. The molecule has 3 N–H and O–H groups in total. The van der Waals surface area contributed by atoms with Gasteiger partial charge in [0.15, 0.2) is 0 Å². The van der Waals surface area contributed by atoms with E-state index in [4.69, 9.17) is 4.74 Å². The highest BCUT2D eigenvalue weighted by Gasteiger charge is 2.39. The molecule has 4 rings (SSSR count). The van der Waals surface area contributed by atoms with Crippen LogP contribution in [-0.4, -0.2) is 41.8 Å². The van der Waals surface area contributed by atoms with Gasteiger partial charge in [-0.05, 0) is 41.3 Å². The van der Waals surface area contributed by atoms with Gasteiger partial charge >= 0.3 is 6.03 Å². The third-order valence-electron chi connectivity index (χ3n) is 5.66. The number of nitrogens with zero attached hydrogens (tertiary/aromatic N) is 1. The molecule has 166 valence electrons. The monoisotopic (exact) mass is 436 g/mol. The van der Waals surface area contributed by atoms with E-state index in [-0.39, 0.29) is 30.8 Å². The lowest BCUT2D eigenvalue weighted by atomic mass is 10.0. The molecule has 2 aromatic carbocycles. The minimum atomic E-state index is -0.641. The Morgan fingerprint density at radius 1 is 1.06 bits per heavy atom. The zero-order chi connectivity index (χ0) is 22.7. The van der Waals surface area contributed by atoms with E-state index in [1.165, 1.54) is 4.90 Å². The zero-order valence-electron chi connectivity index (χ0n) is 17.6. The first kappa shape index (κ1) is 21.4. The molecule has 0 radical (unpaired) electrons. The molecule has 1 unspecified atom stereocenters. The van der Waals surface area contributed by atoms with Crippen LogP contribution in [0.2, 0.25) is 0 Å². The van der Waals surface area contributed by atoms with Gasteiger partial charge in [-0.25, -0.2) is 4.79 Å². The molecule has 1 fully saturated rings. The van der Waals surface area contributed by atoms with E-state index in [9.17, 15) is 19.2 Å². The van der Waals surface area contributed by atoms with Crippen molar-refractivity contribution in [3.05, 3.63) is 64.7 Å². The summed E-state index contributed by atoms with van der Waals surface area (Å²) in [4.78, 5) is 50.0. The van der Waals surface area contributed by atoms with E-state index in [0.717, 1.165) is 22.4 Å². The number of piperidine rings is 1. The molecule has 9 heteroatoms. The van der Waals surface area contributed by atoms with Gasteiger partial charge in [-0.2, -0.15) is 0 Å². The average molecular weight is 436 g/mol. The van der Waals surface area contributed by atoms with E-state index >= 15 is 0 Å². The Balaban J connectivity index is 1.31. The van der Waals surface area contributed by atoms with Crippen LogP contribution >= 0.6 is 0 Å². The summed E-state index contributed by atoms with van der Waals surface area (Å²) in [5, 5.41) is 7.87. The van der Waals surface area contributed by atoms with Crippen molar-refractivity contribution in [3.8, 4) is 5.75 Å². The van der Waals surface area contributed by atoms with E-state index < -0.39 is 11.9 Å². The van der Waals surface area contributed by atoms with E-state index in [1.54, 1.807) is 13.2 Å². The summed E-state index contributed by atoms with van der Waals surface area (Å²) in [6.45, 7) is 0.962. The molecule has 0 spiro atoms. The van der Waals surface area contributed by atoms with E-state index in [0.29, 0.717) is 25.1 Å². The molecule has 9 nitrogen and oxygen atoms in total. The molecule has 0 aromatic heterocycles. The molecule has 0 aliphatic carbocycles. The second-order valence-corrected chi connectivity index (χ2v) is 7.78. The fraction of sp³-hybridized carbons (Fsp3) is 0.304. The topological polar surface area (TPSA) is 117 Å². The lowest BCUT2D eigenvalue weighted by molar-refractivity contribution is -0.136. The van der Waals surface area contributed by atoms with E-state index in [1.807, 2.05) is 36.4 Å². The van der Waals surface area contributed by atoms with Gasteiger partial charge in [-0.15, -0.1) is 0 Å². The molecule has 5 amide bonds. The number of carbonyl (C=O) groups is 4. The average Bonchev–Trinajstić information content (AvgIpc) is 3.12. The summed E-state index contributed by atoms with van der Waals surface area (Å²) in [6, 6.07) is 11.9. The second kappa shape index (κ2) is 9.09. The van der Waals surface area contributed by atoms with Crippen LogP contribution in [0, 0.1) is 0 Å². The van der Waals surface area contributed by atoms with E-state index in [2.05, 4.69) is 16.0 Å². The number of imide groups is 1. The predicted octanol–water partition coefficient (Wildman–Crippen LogP) is 1.46. The van der Waals surface area contributed by atoms with Crippen LogP contribution < -0.4 is 20.7 Å². The van der Waals surface area contributed by atoms with Gasteiger partial charge in [0.25, 0.3) is 5.91 Å². The number of urea groups is 1. The number of hydrogen-bond acceptors (Lipinski definition) is 5. The number of rotatable bonds is 6. The van der Waals surface area contributed by atoms with Gasteiger partial charge in [-0.1, -0.05) is 24.3 Å². The zero-order valence-corrected chi connectivity index (χ0v) is 17.6. The van der Waals surface area contributed by atoms with Crippen molar-refractivity contribution in [2.75, 3.05) is 7.11 Å². The summed E-state index contributed by atoms with van der Waals surface area (Å²) in [5.41, 5.74) is 3.07. The van der Waals surface area contributed by atoms with Crippen molar-refractivity contribution in [1.82, 2.24) is 20.9 Å². The maximum absolute atomic E-state index is 12.9. The third kappa shape index (κ3) is 4.56. The van der Waals surface area contributed by atoms with Crippen LogP contribution in [0.3, 0.4) is 0 Å². The molecular weight excluding hydrogens is 412 g/mol. The smallest absolute Gasteiger partial charge is 0.315 e. The highest BCUT2D eigenvalue weighted by Crippen LogP contribution is 2.28. The summed E-state index contributed by atoms with van der Waals surface area (Å²) < 4.78 is 5.11. The molecule has 2 aliphatic rings. The lowest BCUT2D eigenvalue weighted by Gasteiger charge is -2.29. The molecule has 2 aliphatic heterocycles. The minimum absolute atomic E-state index is 0.220. The number of carbonyl (C=O) groups excluding carboxylic acids is 4. The maximum Gasteiger partial charge on any atom is 0.315 e. The molecule has 32 heavy (non-hydrogen) atoms. The van der Waals surface area contributed by atoms with Crippen LogP contribution in [0.15, 0.2) is 42.5 Å². The van der Waals surface area contributed by atoms with Crippen molar-refractivity contribution >= 4 is 23.8 Å². The van der Waals surface area contributed by atoms with Crippen LogP contribution in [0.25, 0.3) is 0 Å². The summed E-state index contributed by atoms with van der Waals surface area (Å²) in [5.74, 6) is -0.229. The Hall–Kier alpha value is -3.88. The molecular formula is C23H24N4O5. The SMILES string of the molecule is COc1ccc(CNC(=O)NCc2ccc3c(c2)C(=O)N(C2CCC(=O)NC2=O)C3)cc1. The molecule has 2 aromatic rings. The van der Waals surface area contributed by atoms with Gasteiger partial charge in [0.05, 0.1) is 7.11 Å². The number of nitrogens with one attached hydrogen (secondary N) is 3. The largest absolute Gasteiger partial charge is 0.497 e. The van der Waals surface area contributed by atoms with Gasteiger partial charge in [-0.3, -0.25) is 19.7 Å². The molecule has 0 bridgehead atoms. The van der Waals surface area contributed by atoms with Crippen LogP contribution in [0.4, 0.5) is 4.79 Å². The molecule has 2 heterocycles. The highest BCUT2D eigenvalue weighted by molar-refractivity contribution is 6.05. The van der Waals surface area contributed by atoms with Crippen molar-refractivity contribution in [2.24, 2.45) is 0 Å². The Morgan fingerprint density at radius 3 is 2.44 bits per heavy atom. The first-order valence-electron chi connectivity index (χ1n) is 10.4. The maximum atomic E-state index is 12.9. The Kier molecular flexibility index (Phi) is 6.07. The third-order valence-corrected chi connectivity index (χ3v) is 5.66. The van der Waals surface area contributed by atoms with Gasteiger partial charge < -0.3 is 20.3 Å². The van der Waals surface area contributed by atoms with Gasteiger partial charge in [0, 0.05) is 31.6 Å². The number of hydrogen-bond donors (Lipinski definition) is 3. The molecule has 1 atom stereocenters. The lowest BCUT2D eigenvalue weighted by Crippen LogP contribution is -2.52. The quantitative estimate of drug-likeness (QED) is 0.593. The predicted molar refractivity (Wildman–Crippen MR) is 115 cm³/mol. The number of benzene rings is 2. The van der Waals surface area contributed by atoms with Crippen LogP contribution in [0.5, 0.6) is 5.75 Å². The summed E-state index contributed by atoms with van der Waals surface area (Å²) in [6.07, 6.45) is 0.546. The number of ether oxygens (including phenoxy) is 1. The Bertz CT molecular complexity index is 1070.